The lowest BCUT2D eigenvalue weighted by molar-refractivity contribution is -0.129. The fourth-order valence-corrected chi connectivity index (χ4v) is 3.25. The zero-order valence-corrected chi connectivity index (χ0v) is 13.2. The summed E-state index contributed by atoms with van der Waals surface area (Å²) in [6.45, 7) is 0. The first kappa shape index (κ1) is 16.0. The number of amides is 1. The van der Waals surface area contributed by atoms with Gasteiger partial charge in [0.25, 0.3) is 0 Å². The molecule has 0 aliphatic rings. The van der Waals surface area contributed by atoms with Crippen LogP contribution >= 0.6 is 0 Å². The Kier molecular flexibility index (Phi) is 4.73. The molecule has 2 N–H and O–H groups in total. The summed E-state index contributed by atoms with van der Waals surface area (Å²) in [5.74, 6) is -0.424. The minimum absolute atomic E-state index is 0.113. The molecule has 3 rings (SSSR count). The fourth-order valence-electron chi connectivity index (χ4n) is 3.25. The van der Waals surface area contributed by atoms with E-state index in [0.717, 1.165) is 16.7 Å². The van der Waals surface area contributed by atoms with Crippen molar-refractivity contribution in [1.82, 2.24) is 5.48 Å². The number of hydroxylamine groups is 1. The molecule has 3 aromatic rings. The molecule has 1 amide bonds. The lowest BCUT2D eigenvalue weighted by Crippen LogP contribution is -2.36. The van der Waals surface area contributed by atoms with Gasteiger partial charge in [0.1, 0.15) is 0 Å². The normalized spacial score (nSPS) is 11.0. The van der Waals surface area contributed by atoms with Crippen LogP contribution < -0.4 is 5.48 Å². The zero-order chi connectivity index (χ0) is 16.8. The molecule has 0 aliphatic heterocycles. The molecule has 3 aromatic carbocycles. The molecule has 0 bridgehead atoms. The third kappa shape index (κ3) is 2.94. The van der Waals surface area contributed by atoms with E-state index in [-0.39, 0.29) is 6.42 Å². The molecule has 0 atom stereocenters. The van der Waals surface area contributed by atoms with E-state index in [2.05, 4.69) is 0 Å². The number of carbonyl (C=O) groups is 1. The van der Waals surface area contributed by atoms with Crippen molar-refractivity contribution >= 4 is 5.91 Å². The number of hydrogen-bond donors (Lipinski definition) is 2. The van der Waals surface area contributed by atoms with E-state index in [1.165, 1.54) is 0 Å². The molecule has 0 unspecified atom stereocenters. The number of carbonyl (C=O) groups excluding carboxylic acids is 1. The van der Waals surface area contributed by atoms with Gasteiger partial charge in [0.2, 0.25) is 5.91 Å². The van der Waals surface area contributed by atoms with Crippen LogP contribution in [-0.4, -0.2) is 11.1 Å². The molecule has 3 nitrogen and oxygen atoms in total. The van der Waals surface area contributed by atoms with Gasteiger partial charge in [-0.3, -0.25) is 10.0 Å². The van der Waals surface area contributed by atoms with Crippen LogP contribution in [0, 0.1) is 0 Å². The molecule has 0 heterocycles. The summed E-state index contributed by atoms with van der Waals surface area (Å²) in [6, 6.07) is 29.8. The Hall–Kier alpha value is -2.91. The van der Waals surface area contributed by atoms with Crippen LogP contribution in [-0.2, 0) is 10.2 Å². The summed E-state index contributed by atoms with van der Waals surface area (Å²) < 4.78 is 0. The molecule has 3 heteroatoms. The van der Waals surface area contributed by atoms with E-state index in [9.17, 15) is 4.79 Å². The molecule has 0 saturated carbocycles. The van der Waals surface area contributed by atoms with Gasteiger partial charge in [0, 0.05) is 6.42 Å². The van der Waals surface area contributed by atoms with Crippen LogP contribution in [0.25, 0.3) is 0 Å². The fraction of sp³-hybridized carbons (Fsp3) is 0.0952. The SMILES string of the molecule is O=C(CC(c1ccccc1)(c1ccccc1)c1ccccc1)NO. The Morgan fingerprint density at radius 3 is 1.33 bits per heavy atom. The van der Waals surface area contributed by atoms with Gasteiger partial charge in [-0.05, 0) is 16.7 Å². The second kappa shape index (κ2) is 7.11. The highest BCUT2D eigenvalue weighted by molar-refractivity contribution is 5.79. The van der Waals surface area contributed by atoms with Crippen molar-refractivity contribution in [2.45, 2.75) is 11.8 Å². The van der Waals surface area contributed by atoms with Crippen LogP contribution in [0.2, 0.25) is 0 Å². The predicted molar refractivity (Wildman–Crippen MR) is 93.8 cm³/mol. The summed E-state index contributed by atoms with van der Waals surface area (Å²) >= 11 is 0. The van der Waals surface area contributed by atoms with Crippen LogP contribution in [0.4, 0.5) is 0 Å². The number of benzene rings is 3. The van der Waals surface area contributed by atoms with Crippen molar-refractivity contribution in [1.29, 1.82) is 0 Å². The molecule has 0 fully saturated rings. The molecule has 120 valence electrons. The van der Waals surface area contributed by atoms with Crippen molar-refractivity contribution in [2.75, 3.05) is 0 Å². The summed E-state index contributed by atoms with van der Waals surface area (Å²) in [5.41, 5.74) is 4.14. The first-order valence-corrected chi connectivity index (χ1v) is 7.87. The maximum Gasteiger partial charge on any atom is 0.244 e. The second-order valence-corrected chi connectivity index (χ2v) is 5.72. The van der Waals surface area contributed by atoms with Crippen molar-refractivity contribution in [3.63, 3.8) is 0 Å². The number of hydrogen-bond acceptors (Lipinski definition) is 2. The zero-order valence-electron chi connectivity index (χ0n) is 13.2. The van der Waals surface area contributed by atoms with Crippen molar-refractivity contribution < 1.29 is 10.0 Å². The van der Waals surface area contributed by atoms with Gasteiger partial charge in [-0.2, -0.15) is 0 Å². The van der Waals surface area contributed by atoms with Gasteiger partial charge in [0.05, 0.1) is 5.41 Å². The third-order valence-corrected chi connectivity index (χ3v) is 4.35. The topological polar surface area (TPSA) is 49.3 Å². The van der Waals surface area contributed by atoms with Crippen LogP contribution in [0.15, 0.2) is 91.0 Å². The molecule has 24 heavy (non-hydrogen) atoms. The minimum Gasteiger partial charge on any atom is -0.289 e. The largest absolute Gasteiger partial charge is 0.289 e. The van der Waals surface area contributed by atoms with E-state index < -0.39 is 11.3 Å². The predicted octanol–water partition coefficient (Wildman–Crippen LogP) is 3.92. The minimum atomic E-state index is -0.670. The maximum atomic E-state index is 12.2. The van der Waals surface area contributed by atoms with Crippen LogP contribution in [0.3, 0.4) is 0 Å². The summed E-state index contributed by atoms with van der Waals surface area (Å²) in [5, 5.41) is 9.14. The molecule has 0 aliphatic carbocycles. The van der Waals surface area contributed by atoms with Gasteiger partial charge in [0.15, 0.2) is 0 Å². The van der Waals surface area contributed by atoms with Crippen molar-refractivity contribution in [3.05, 3.63) is 108 Å². The molecular formula is C21H19NO2. The number of nitrogens with one attached hydrogen (secondary N) is 1. The third-order valence-electron chi connectivity index (χ3n) is 4.35. The number of rotatable bonds is 5. The Morgan fingerprint density at radius 2 is 1.04 bits per heavy atom. The van der Waals surface area contributed by atoms with E-state index in [1.54, 1.807) is 5.48 Å². The Labute approximate surface area is 141 Å². The average molecular weight is 317 g/mol. The first-order valence-electron chi connectivity index (χ1n) is 7.87. The van der Waals surface area contributed by atoms with Gasteiger partial charge < -0.3 is 0 Å². The highest BCUT2D eigenvalue weighted by Crippen LogP contribution is 2.42. The van der Waals surface area contributed by atoms with Gasteiger partial charge in [-0.1, -0.05) is 91.0 Å². The molecular weight excluding hydrogens is 298 g/mol. The monoisotopic (exact) mass is 317 g/mol. The van der Waals surface area contributed by atoms with E-state index in [0.29, 0.717) is 0 Å². The lowest BCUT2D eigenvalue weighted by Gasteiger charge is -2.35. The summed E-state index contributed by atoms with van der Waals surface area (Å²) in [4.78, 5) is 12.2. The molecule has 0 radical (unpaired) electrons. The Balaban J connectivity index is 2.30. The van der Waals surface area contributed by atoms with E-state index in [1.807, 2.05) is 91.0 Å². The van der Waals surface area contributed by atoms with Gasteiger partial charge >= 0.3 is 0 Å². The van der Waals surface area contributed by atoms with Crippen molar-refractivity contribution in [3.8, 4) is 0 Å². The molecule has 0 saturated heterocycles. The van der Waals surface area contributed by atoms with E-state index in [4.69, 9.17) is 5.21 Å². The average Bonchev–Trinajstić information content (AvgIpc) is 2.68. The van der Waals surface area contributed by atoms with Crippen LogP contribution in [0.1, 0.15) is 23.1 Å². The summed E-state index contributed by atoms with van der Waals surface area (Å²) in [7, 11) is 0. The second-order valence-electron chi connectivity index (χ2n) is 5.72. The van der Waals surface area contributed by atoms with Gasteiger partial charge in [-0.25, -0.2) is 5.48 Å². The quantitative estimate of drug-likeness (QED) is 0.426. The summed E-state index contributed by atoms with van der Waals surface area (Å²) in [6.07, 6.45) is 0.113. The first-order chi connectivity index (χ1) is 11.8. The Bertz CT molecular complexity index is 689. The van der Waals surface area contributed by atoms with Gasteiger partial charge in [-0.15, -0.1) is 0 Å². The van der Waals surface area contributed by atoms with Crippen molar-refractivity contribution in [2.24, 2.45) is 0 Å². The highest BCUT2D eigenvalue weighted by Gasteiger charge is 2.38. The lowest BCUT2D eigenvalue weighted by atomic mass is 9.67. The van der Waals surface area contributed by atoms with Crippen LogP contribution in [0.5, 0.6) is 0 Å². The van der Waals surface area contributed by atoms with E-state index >= 15 is 0 Å². The standard InChI is InChI=1S/C21H19NO2/c23-20(22-24)16-21(17-10-4-1-5-11-17,18-12-6-2-7-13-18)19-14-8-3-9-15-19/h1-15,24H,16H2,(H,22,23). The Morgan fingerprint density at radius 1 is 0.708 bits per heavy atom. The highest BCUT2D eigenvalue weighted by atomic mass is 16.5. The smallest absolute Gasteiger partial charge is 0.244 e. The molecule has 0 aromatic heterocycles. The molecule has 0 spiro atoms. The maximum absolute atomic E-state index is 12.2.